The van der Waals surface area contributed by atoms with Gasteiger partial charge in [0.05, 0.1) is 5.52 Å². The van der Waals surface area contributed by atoms with Crippen molar-refractivity contribution in [2.45, 2.75) is 13.8 Å². The second kappa shape index (κ2) is 7.92. The molecule has 0 atom stereocenters. The number of ether oxygens (including phenoxy) is 1. The van der Waals surface area contributed by atoms with Crippen molar-refractivity contribution in [3.05, 3.63) is 60.4 Å². The summed E-state index contributed by atoms with van der Waals surface area (Å²) in [6, 6.07) is 14.7. The highest BCUT2D eigenvalue weighted by Gasteiger charge is 2.22. The Balaban J connectivity index is 1.27. The van der Waals surface area contributed by atoms with Crippen LogP contribution in [0.15, 0.2) is 54.9 Å². The largest absolute Gasteiger partial charge is 0.474 e. The van der Waals surface area contributed by atoms with Crippen LogP contribution in [0.2, 0.25) is 0 Å². The average Bonchev–Trinajstić information content (AvgIpc) is 2.83. The van der Waals surface area contributed by atoms with E-state index in [2.05, 4.69) is 81.8 Å². The standard InChI is InChI=1S/C26H26N6O/c1-16-14-32(15-16)21-7-5-20(6-8-21)30-26-29-12-19-4-3-18(11-23(19)31-26)22-13-28-25-24(17(22)2)27-9-10-33-25/h3-8,11-13,16,27H,9-10,14-15H2,1-2H3,(H,29,30,31). The third-order valence-corrected chi connectivity index (χ3v) is 6.39. The number of hydrogen-bond acceptors (Lipinski definition) is 7. The molecule has 0 amide bonds. The summed E-state index contributed by atoms with van der Waals surface area (Å²) in [5, 5.41) is 7.74. The molecular weight excluding hydrogens is 412 g/mol. The van der Waals surface area contributed by atoms with Crippen LogP contribution >= 0.6 is 0 Å². The number of hydrogen-bond donors (Lipinski definition) is 2. The first kappa shape index (κ1) is 19.8. The van der Waals surface area contributed by atoms with Gasteiger partial charge in [0.1, 0.15) is 12.3 Å². The Kier molecular flexibility index (Phi) is 4.75. The minimum Gasteiger partial charge on any atom is -0.474 e. The molecule has 2 aromatic carbocycles. The maximum absolute atomic E-state index is 5.67. The van der Waals surface area contributed by atoms with Gasteiger partial charge in [-0.1, -0.05) is 19.1 Å². The molecule has 1 fully saturated rings. The van der Waals surface area contributed by atoms with Crippen LogP contribution in [0.4, 0.5) is 23.0 Å². The number of nitrogens with zero attached hydrogens (tertiary/aromatic N) is 4. The molecule has 0 aliphatic carbocycles. The Bertz CT molecular complexity index is 1330. The van der Waals surface area contributed by atoms with Crippen LogP contribution in [0.25, 0.3) is 22.0 Å². The quantitative estimate of drug-likeness (QED) is 0.464. The molecule has 0 spiro atoms. The molecule has 7 heteroatoms. The second-order valence-electron chi connectivity index (χ2n) is 8.90. The van der Waals surface area contributed by atoms with Crippen molar-refractivity contribution in [2.24, 2.45) is 5.92 Å². The lowest BCUT2D eigenvalue weighted by Gasteiger charge is -2.39. The van der Waals surface area contributed by atoms with Crippen molar-refractivity contribution in [1.82, 2.24) is 15.0 Å². The summed E-state index contributed by atoms with van der Waals surface area (Å²) in [6.07, 6.45) is 3.74. The van der Waals surface area contributed by atoms with Gasteiger partial charge in [0.2, 0.25) is 11.8 Å². The van der Waals surface area contributed by atoms with E-state index in [-0.39, 0.29) is 0 Å². The van der Waals surface area contributed by atoms with Gasteiger partial charge in [-0.25, -0.2) is 15.0 Å². The van der Waals surface area contributed by atoms with Crippen molar-refractivity contribution in [1.29, 1.82) is 0 Å². The smallest absolute Gasteiger partial charge is 0.237 e. The molecular formula is C26H26N6O. The van der Waals surface area contributed by atoms with Crippen LogP contribution in [-0.2, 0) is 0 Å². The lowest BCUT2D eigenvalue weighted by Crippen LogP contribution is -2.45. The van der Waals surface area contributed by atoms with E-state index in [1.165, 1.54) is 5.69 Å². The molecule has 6 rings (SSSR count). The Morgan fingerprint density at radius 3 is 2.73 bits per heavy atom. The van der Waals surface area contributed by atoms with Crippen LogP contribution in [0.3, 0.4) is 0 Å². The predicted molar refractivity (Wildman–Crippen MR) is 133 cm³/mol. The van der Waals surface area contributed by atoms with E-state index in [4.69, 9.17) is 9.72 Å². The summed E-state index contributed by atoms with van der Waals surface area (Å²) in [4.78, 5) is 16.2. The van der Waals surface area contributed by atoms with Crippen LogP contribution in [-0.4, -0.2) is 41.2 Å². The Hall–Kier alpha value is -3.87. The lowest BCUT2D eigenvalue weighted by atomic mass is 10.00. The number of anilines is 4. The van der Waals surface area contributed by atoms with Gasteiger partial charge < -0.3 is 20.3 Å². The first-order chi connectivity index (χ1) is 16.1. The zero-order valence-electron chi connectivity index (χ0n) is 18.8. The van der Waals surface area contributed by atoms with Gasteiger partial charge in [-0.15, -0.1) is 0 Å². The fraction of sp³-hybridized carbons (Fsp3) is 0.269. The topological polar surface area (TPSA) is 75.2 Å². The fourth-order valence-corrected chi connectivity index (χ4v) is 4.56. The van der Waals surface area contributed by atoms with Crippen molar-refractivity contribution < 1.29 is 4.74 Å². The van der Waals surface area contributed by atoms with Crippen LogP contribution in [0, 0.1) is 12.8 Å². The van der Waals surface area contributed by atoms with E-state index in [0.29, 0.717) is 18.4 Å². The SMILES string of the molecule is Cc1c(-c2ccc3cnc(Nc4ccc(N5CC(C)C5)cc4)nc3c2)cnc2c1NCCO2. The number of aromatic nitrogens is 3. The Morgan fingerprint density at radius 2 is 1.91 bits per heavy atom. The first-order valence-electron chi connectivity index (χ1n) is 11.4. The summed E-state index contributed by atoms with van der Waals surface area (Å²) < 4.78 is 5.67. The van der Waals surface area contributed by atoms with Crippen molar-refractivity contribution in [3.8, 4) is 17.0 Å². The Morgan fingerprint density at radius 1 is 1.06 bits per heavy atom. The highest BCUT2D eigenvalue weighted by Crippen LogP contribution is 2.36. The maximum Gasteiger partial charge on any atom is 0.237 e. The normalized spacial score (nSPS) is 15.4. The van der Waals surface area contributed by atoms with E-state index in [9.17, 15) is 0 Å². The molecule has 0 unspecified atom stereocenters. The van der Waals surface area contributed by atoms with Crippen LogP contribution in [0.1, 0.15) is 12.5 Å². The number of benzene rings is 2. The number of rotatable bonds is 4. The molecule has 2 aliphatic rings. The average molecular weight is 439 g/mol. The molecule has 2 aliphatic heterocycles. The molecule has 2 N–H and O–H groups in total. The van der Waals surface area contributed by atoms with Gasteiger partial charge in [-0.3, -0.25) is 0 Å². The van der Waals surface area contributed by atoms with Gasteiger partial charge >= 0.3 is 0 Å². The molecule has 166 valence electrons. The van der Waals surface area contributed by atoms with E-state index >= 15 is 0 Å². The summed E-state index contributed by atoms with van der Waals surface area (Å²) in [6.45, 7) is 8.07. The van der Waals surface area contributed by atoms with E-state index in [0.717, 1.165) is 64.5 Å². The fourth-order valence-electron chi connectivity index (χ4n) is 4.56. The molecule has 33 heavy (non-hydrogen) atoms. The number of nitrogens with one attached hydrogen (secondary N) is 2. The van der Waals surface area contributed by atoms with Gasteiger partial charge in [0.15, 0.2) is 0 Å². The minimum atomic E-state index is 0.584. The third-order valence-electron chi connectivity index (χ3n) is 6.39. The summed E-state index contributed by atoms with van der Waals surface area (Å²) in [7, 11) is 0. The highest BCUT2D eigenvalue weighted by molar-refractivity contribution is 5.86. The third kappa shape index (κ3) is 3.69. The monoisotopic (exact) mass is 438 g/mol. The van der Waals surface area contributed by atoms with Gasteiger partial charge in [0.25, 0.3) is 0 Å². The van der Waals surface area contributed by atoms with Crippen LogP contribution < -0.4 is 20.3 Å². The maximum atomic E-state index is 5.67. The second-order valence-corrected chi connectivity index (χ2v) is 8.90. The van der Waals surface area contributed by atoms with Gasteiger partial charge in [0, 0.05) is 54.4 Å². The summed E-state index contributed by atoms with van der Waals surface area (Å²) >= 11 is 0. The van der Waals surface area contributed by atoms with Crippen molar-refractivity contribution in [3.63, 3.8) is 0 Å². The molecule has 1 saturated heterocycles. The highest BCUT2D eigenvalue weighted by atomic mass is 16.5. The lowest BCUT2D eigenvalue weighted by molar-refractivity contribution is 0.310. The van der Waals surface area contributed by atoms with E-state index in [1.807, 2.05) is 12.4 Å². The molecule has 0 saturated carbocycles. The summed E-state index contributed by atoms with van der Waals surface area (Å²) in [5.41, 5.74) is 7.36. The zero-order chi connectivity index (χ0) is 22.4. The van der Waals surface area contributed by atoms with Crippen LogP contribution in [0.5, 0.6) is 5.88 Å². The molecule has 0 radical (unpaired) electrons. The predicted octanol–water partition coefficient (Wildman–Crippen LogP) is 5.00. The summed E-state index contributed by atoms with van der Waals surface area (Å²) in [5.74, 6) is 2.04. The number of fused-ring (bicyclic) bond motifs is 2. The van der Waals surface area contributed by atoms with E-state index in [1.54, 1.807) is 0 Å². The van der Waals surface area contributed by atoms with Gasteiger partial charge in [-0.2, -0.15) is 0 Å². The molecule has 4 heterocycles. The molecule has 2 aromatic heterocycles. The van der Waals surface area contributed by atoms with Crippen molar-refractivity contribution >= 4 is 33.9 Å². The first-order valence-corrected chi connectivity index (χ1v) is 11.4. The minimum absolute atomic E-state index is 0.584. The van der Waals surface area contributed by atoms with Crippen molar-refractivity contribution in [2.75, 3.05) is 41.8 Å². The number of pyridine rings is 1. The zero-order valence-corrected chi connectivity index (χ0v) is 18.8. The molecule has 7 nitrogen and oxygen atoms in total. The molecule has 4 aromatic rings. The van der Waals surface area contributed by atoms with E-state index < -0.39 is 0 Å². The Labute approximate surface area is 192 Å². The molecule has 0 bridgehead atoms. The van der Waals surface area contributed by atoms with Gasteiger partial charge in [-0.05, 0) is 54.3 Å².